The zero-order chi connectivity index (χ0) is 13.1. The Hall–Kier alpha value is -1.62. The van der Waals surface area contributed by atoms with Crippen molar-refractivity contribution in [3.8, 4) is 0 Å². The Morgan fingerprint density at radius 3 is 2.65 bits per heavy atom. The van der Waals surface area contributed by atoms with Crippen molar-refractivity contribution in [1.82, 2.24) is 0 Å². The van der Waals surface area contributed by atoms with Crippen LogP contribution < -0.4 is 5.32 Å². The lowest BCUT2D eigenvalue weighted by molar-refractivity contribution is -0.384. The predicted octanol–water partition coefficient (Wildman–Crippen LogP) is 2.74. The average Bonchev–Trinajstić information content (AvgIpc) is 2.26. The van der Waals surface area contributed by atoms with E-state index in [-0.39, 0.29) is 16.2 Å². The molecule has 0 unspecified atom stereocenters. The topological polar surface area (TPSA) is 64.4 Å². The highest BCUT2D eigenvalue weighted by atomic mass is 16.6. The first-order valence-corrected chi connectivity index (χ1v) is 5.40. The van der Waals surface area contributed by atoms with E-state index in [1.807, 2.05) is 13.8 Å². The highest BCUT2D eigenvalue weighted by Crippen LogP contribution is 2.28. The zero-order valence-corrected chi connectivity index (χ0v) is 10.6. The second-order valence-electron chi connectivity index (χ2n) is 4.55. The summed E-state index contributed by atoms with van der Waals surface area (Å²) in [6, 6.07) is 5.23. The van der Waals surface area contributed by atoms with E-state index in [1.54, 1.807) is 32.2 Å². The predicted molar refractivity (Wildman–Crippen MR) is 67.4 cm³/mol. The van der Waals surface area contributed by atoms with E-state index in [0.717, 1.165) is 0 Å². The molecule has 5 heteroatoms. The molecule has 0 spiro atoms. The van der Waals surface area contributed by atoms with Gasteiger partial charge in [0.2, 0.25) is 0 Å². The van der Waals surface area contributed by atoms with Gasteiger partial charge in [0.15, 0.2) is 0 Å². The smallest absolute Gasteiger partial charge is 0.295 e. The average molecular weight is 238 g/mol. The number of nitro groups is 1. The molecule has 1 aromatic carbocycles. The zero-order valence-electron chi connectivity index (χ0n) is 10.6. The molecule has 94 valence electrons. The van der Waals surface area contributed by atoms with Gasteiger partial charge in [-0.25, -0.2) is 0 Å². The third-order valence-corrected chi connectivity index (χ3v) is 2.68. The summed E-state index contributed by atoms with van der Waals surface area (Å²) in [4.78, 5) is 10.6. The second kappa shape index (κ2) is 5.14. The molecule has 0 aromatic heterocycles. The van der Waals surface area contributed by atoms with Gasteiger partial charge >= 0.3 is 0 Å². The molecule has 0 aliphatic heterocycles. The van der Waals surface area contributed by atoms with Gasteiger partial charge in [-0.05, 0) is 26.8 Å². The Morgan fingerprint density at radius 1 is 1.47 bits per heavy atom. The lowest BCUT2D eigenvalue weighted by Crippen LogP contribution is -2.32. The Kier molecular flexibility index (Phi) is 4.07. The van der Waals surface area contributed by atoms with E-state index in [2.05, 4.69) is 5.32 Å². The number of rotatable bonds is 5. The lowest BCUT2D eigenvalue weighted by atomic mass is 10.1. The molecule has 17 heavy (non-hydrogen) atoms. The maximum absolute atomic E-state index is 11.0. The fraction of sp³-hybridized carbons (Fsp3) is 0.500. The van der Waals surface area contributed by atoms with Crippen LogP contribution in [0.2, 0.25) is 0 Å². The Morgan fingerprint density at radius 2 is 2.12 bits per heavy atom. The number of ether oxygens (including phenoxy) is 1. The van der Waals surface area contributed by atoms with E-state index in [1.165, 1.54) is 0 Å². The fourth-order valence-electron chi connectivity index (χ4n) is 1.42. The third-order valence-electron chi connectivity index (χ3n) is 2.68. The van der Waals surface area contributed by atoms with Crippen LogP contribution in [-0.2, 0) is 4.74 Å². The minimum absolute atomic E-state index is 0.124. The first kappa shape index (κ1) is 13.4. The molecule has 0 fully saturated rings. The number of hydrogen-bond acceptors (Lipinski definition) is 4. The van der Waals surface area contributed by atoms with Gasteiger partial charge in [0.1, 0.15) is 5.69 Å². The standard InChI is InChI=1S/C12H18N2O3/c1-9-6-5-7-10(11(9)14(15)16)13-8-12(2,3)17-4/h5-7,13H,8H2,1-4H3. The number of anilines is 1. The molecule has 0 saturated carbocycles. The number of hydrogen-bond donors (Lipinski definition) is 1. The summed E-state index contributed by atoms with van der Waals surface area (Å²) in [6.45, 7) is 6.07. The first-order valence-electron chi connectivity index (χ1n) is 5.40. The summed E-state index contributed by atoms with van der Waals surface area (Å²) in [5, 5.41) is 14.0. The van der Waals surface area contributed by atoms with Crippen molar-refractivity contribution in [2.45, 2.75) is 26.4 Å². The molecule has 0 saturated heterocycles. The van der Waals surface area contributed by atoms with Crippen molar-refractivity contribution in [1.29, 1.82) is 0 Å². The summed E-state index contributed by atoms with van der Waals surface area (Å²) >= 11 is 0. The molecular formula is C12H18N2O3. The van der Waals surface area contributed by atoms with Crippen LogP contribution in [0.25, 0.3) is 0 Å². The molecule has 0 atom stereocenters. The van der Waals surface area contributed by atoms with Gasteiger partial charge < -0.3 is 10.1 Å². The van der Waals surface area contributed by atoms with Crippen LogP contribution in [0, 0.1) is 17.0 Å². The number of nitrogens with zero attached hydrogens (tertiary/aromatic N) is 1. The number of nitrogens with one attached hydrogen (secondary N) is 1. The quantitative estimate of drug-likeness (QED) is 0.632. The normalized spacial score (nSPS) is 11.3. The molecule has 5 nitrogen and oxygen atoms in total. The summed E-state index contributed by atoms with van der Waals surface area (Å²) < 4.78 is 5.26. The monoisotopic (exact) mass is 238 g/mol. The van der Waals surface area contributed by atoms with Crippen LogP contribution >= 0.6 is 0 Å². The van der Waals surface area contributed by atoms with Gasteiger partial charge in [-0.2, -0.15) is 0 Å². The van der Waals surface area contributed by atoms with Gasteiger partial charge in [-0.1, -0.05) is 12.1 Å². The summed E-state index contributed by atoms with van der Waals surface area (Å²) in [5.41, 5.74) is 0.937. The van der Waals surface area contributed by atoms with Crippen molar-refractivity contribution >= 4 is 11.4 Å². The molecule has 0 amide bonds. The third kappa shape index (κ3) is 3.42. The molecule has 0 bridgehead atoms. The summed E-state index contributed by atoms with van der Waals surface area (Å²) in [6.07, 6.45) is 0. The largest absolute Gasteiger partial charge is 0.377 e. The van der Waals surface area contributed by atoms with Gasteiger partial charge in [0.25, 0.3) is 5.69 Å². The Balaban J connectivity index is 2.92. The molecule has 0 heterocycles. The summed E-state index contributed by atoms with van der Waals surface area (Å²) in [5.74, 6) is 0. The van der Waals surface area contributed by atoms with Gasteiger partial charge in [0, 0.05) is 19.2 Å². The van der Waals surface area contributed by atoms with Gasteiger partial charge in [0.05, 0.1) is 10.5 Å². The first-order chi connectivity index (χ1) is 7.87. The Bertz CT molecular complexity index is 416. The van der Waals surface area contributed by atoms with Crippen molar-refractivity contribution in [3.05, 3.63) is 33.9 Å². The fourth-order valence-corrected chi connectivity index (χ4v) is 1.42. The van der Waals surface area contributed by atoms with Crippen LogP contribution in [-0.4, -0.2) is 24.2 Å². The van der Waals surface area contributed by atoms with Crippen molar-refractivity contribution in [3.63, 3.8) is 0 Å². The van der Waals surface area contributed by atoms with E-state index in [9.17, 15) is 10.1 Å². The van der Waals surface area contributed by atoms with E-state index >= 15 is 0 Å². The molecule has 1 rings (SSSR count). The van der Waals surface area contributed by atoms with Crippen LogP contribution in [0.1, 0.15) is 19.4 Å². The molecule has 0 aliphatic carbocycles. The van der Waals surface area contributed by atoms with Crippen LogP contribution in [0.5, 0.6) is 0 Å². The van der Waals surface area contributed by atoms with Gasteiger partial charge in [-0.15, -0.1) is 0 Å². The molecule has 0 aliphatic rings. The minimum atomic E-state index is -0.364. The maximum atomic E-state index is 11.0. The van der Waals surface area contributed by atoms with Crippen molar-refractivity contribution in [2.75, 3.05) is 19.0 Å². The summed E-state index contributed by atoms with van der Waals surface area (Å²) in [7, 11) is 1.62. The van der Waals surface area contributed by atoms with Gasteiger partial charge in [-0.3, -0.25) is 10.1 Å². The van der Waals surface area contributed by atoms with E-state index in [0.29, 0.717) is 17.8 Å². The van der Waals surface area contributed by atoms with Crippen LogP contribution in [0.4, 0.5) is 11.4 Å². The SMILES string of the molecule is COC(C)(C)CNc1cccc(C)c1[N+](=O)[O-]. The molecular weight excluding hydrogens is 220 g/mol. The van der Waals surface area contributed by atoms with Crippen LogP contribution in [0.3, 0.4) is 0 Å². The molecule has 0 radical (unpaired) electrons. The number of para-hydroxylation sites is 1. The molecule has 1 N–H and O–H groups in total. The highest BCUT2D eigenvalue weighted by molar-refractivity contribution is 5.65. The van der Waals surface area contributed by atoms with Crippen molar-refractivity contribution in [2.24, 2.45) is 0 Å². The molecule has 1 aromatic rings. The van der Waals surface area contributed by atoms with Crippen LogP contribution in [0.15, 0.2) is 18.2 Å². The number of benzene rings is 1. The lowest BCUT2D eigenvalue weighted by Gasteiger charge is -2.23. The maximum Gasteiger partial charge on any atom is 0.295 e. The van der Waals surface area contributed by atoms with Crippen molar-refractivity contribution < 1.29 is 9.66 Å². The highest BCUT2D eigenvalue weighted by Gasteiger charge is 2.20. The minimum Gasteiger partial charge on any atom is -0.377 e. The van der Waals surface area contributed by atoms with E-state index < -0.39 is 0 Å². The number of methoxy groups -OCH3 is 1. The Labute approximate surface area is 101 Å². The number of nitro benzene ring substituents is 1. The van der Waals surface area contributed by atoms with E-state index in [4.69, 9.17) is 4.74 Å². The second-order valence-corrected chi connectivity index (χ2v) is 4.55. The number of aryl methyl sites for hydroxylation is 1.